The summed E-state index contributed by atoms with van der Waals surface area (Å²) < 4.78 is 5.20. The lowest BCUT2D eigenvalue weighted by Gasteiger charge is -2.34. The van der Waals surface area contributed by atoms with Gasteiger partial charge in [0.2, 0.25) is 0 Å². The molecule has 2 aromatic rings. The van der Waals surface area contributed by atoms with Crippen molar-refractivity contribution >= 4 is 11.6 Å². The van der Waals surface area contributed by atoms with Crippen LogP contribution in [0.1, 0.15) is 25.1 Å². The first-order chi connectivity index (χ1) is 8.19. The average molecular weight is 251 g/mol. The second-order valence-corrected chi connectivity index (χ2v) is 4.70. The molecule has 0 unspecified atom stereocenters. The molecule has 0 spiro atoms. The number of hydrogen-bond donors (Lipinski definition) is 1. The maximum absolute atomic E-state index is 6.12. The zero-order valence-corrected chi connectivity index (χ0v) is 9.81. The number of nitrogens with zero attached hydrogens (tertiary/aromatic N) is 3. The van der Waals surface area contributed by atoms with E-state index in [0.29, 0.717) is 22.3 Å². The highest BCUT2D eigenvalue weighted by atomic mass is 35.5. The van der Waals surface area contributed by atoms with Crippen molar-refractivity contribution in [1.82, 2.24) is 15.1 Å². The molecule has 0 amide bonds. The highest BCUT2D eigenvalue weighted by Gasteiger charge is 2.39. The summed E-state index contributed by atoms with van der Waals surface area (Å²) in [5.41, 5.74) is 6.39. The van der Waals surface area contributed by atoms with Crippen molar-refractivity contribution in [3.05, 3.63) is 29.3 Å². The molecular formula is C11H11ClN4O. The number of nitrogens with two attached hydrogens (primary N) is 1. The van der Waals surface area contributed by atoms with E-state index >= 15 is 0 Å². The fraction of sp³-hybridized carbons (Fsp3) is 0.364. The molecule has 1 aliphatic carbocycles. The number of pyridine rings is 1. The van der Waals surface area contributed by atoms with Crippen LogP contribution in [0, 0.1) is 0 Å². The molecule has 0 radical (unpaired) electrons. The average Bonchev–Trinajstić information content (AvgIpc) is 2.76. The van der Waals surface area contributed by atoms with E-state index in [1.54, 1.807) is 18.5 Å². The highest BCUT2D eigenvalue weighted by molar-refractivity contribution is 6.32. The summed E-state index contributed by atoms with van der Waals surface area (Å²) in [6.45, 7) is 0. The van der Waals surface area contributed by atoms with Gasteiger partial charge in [-0.25, -0.2) is 0 Å². The first-order valence-electron chi connectivity index (χ1n) is 5.42. The normalized spacial score (nSPS) is 17.8. The zero-order valence-electron chi connectivity index (χ0n) is 9.06. The van der Waals surface area contributed by atoms with Gasteiger partial charge in [-0.05, 0) is 25.3 Å². The van der Waals surface area contributed by atoms with Crippen molar-refractivity contribution in [2.24, 2.45) is 5.73 Å². The molecule has 6 heteroatoms. The molecule has 2 aromatic heterocycles. The van der Waals surface area contributed by atoms with Crippen LogP contribution < -0.4 is 5.73 Å². The smallest absolute Gasteiger partial charge is 0.259 e. The summed E-state index contributed by atoms with van der Waals surface area (Å²) in [5.74, 6) is 0.954. The van der Waals surface area contributed by atoms with Gasteiger partial charge in [0.1, 0.15) is 0 Å². The Morgan fingerprint density at radius 1 is 1.41 bits per heavy atom. The predicted molar refractivity (Wildman–Crippen MR) is 62.3 cm³/mol. The number of aromatic nitrogens is 3. The van der Waals surface area contributed by atoms with Gasteiger partial charge >= 0.3 is 0 Å². The molecule has 2 N–H and O–H groups in total. The molecule has 2 heterocycles. The minimum absolute atomic E-state index is 0.393. The fourth-order valence-electron chi connectivity index (χ4n) is 1.87. The number of rotatable bonds is 2. The van der Waals surface area contributed by atoms with E-state index < -0.39 is 5.54 Å². The minimum Gasteiger partial charge on any atom is -0.334 e. The Bertz CT molecular complexity index is 550. The fourth-order valence-corrected chi connectivity index (χ4v) is 2.07. The van der Waals surface area contributed by atoms with Crippen LogP contribution in [0.25, 0.3) is 11.5 Å². The molecule has 3 rings (SSSR count). The van der Waals surface area contributed by atoms with Crippen LogP contribution in [0.15, 0.2) is 23.0 Å². The molecule has 17 heavy (non-hydrogen) atoms. The van der Waals surface area contributed by atoms with Gasteiger partial charge < -0.3 is 10.3 Å². The van der Waals surface area contributed by atoms with Crippen molar-refractivity contribution in [3.8, 4) is 11.5 Å². The molecule has 0 aromatic carbocycles. The van der Waals surface area contributed by atoms with E-state index in [-0.39, 0.29) is 0 Å². The Morgan fingerprint density at radius 3 is 2.88 bits per heavy atom. The van der Waals surface area contributed by atoms with Gasteiger partial charge in [-0.1, -0.05) is 16.8 Å². The Morgan fingerprint density at radius 2 is 2.24 bits per heavy atom. The molecule has 0 bridgehead atoms. The number of hydrogen-bond acceptors (Lipinski definition) is 5. The SMILES string of the molecule is NC1(c2noc(-c3ccncc3Cl)n2)CCC1. The van der Waals surface area contributed by atoms with Gasteiger partial charge in [-0.3, -0.25) is 4.98 Å². The van der Waals surface area contributed by atoms with Crippen LogP contribution >= 0.6 is 11.6 Å². The third-order valence-corrected chi connectivity index (χ3v) is 3.42. The lowest BCUT2D eigenvalue weighted by atomic mass is 9.77. The molecule has 1 saturated carbocycles. The largest absolute Gasteiger partial charge is 0.334 e. The number of halogens is 1. The third-order valence-electron chi connectivity index (χ3n) is 3.12. The maximum atomic E-state index is 6.12. The minimum atomic E-state index is -0.415. The van der Waals surface area contributed by atoms with Gasteiger partial charge in [0.15, 0.2) is 5.82 Å². The van der Waals surface area contributed by atoms with Crippen molar-refractivity contribution in [3.63, 3.8) is 0 Å². The van der Waals surface area contributed by atoms with Crippen molar-refractivity contribution in [2.75, 3.05) is 0 Å². The van der Waals surface area contributed by atoms with E-state index in [1.807, 2.05) is 0 Å². The lowest BCUT2D eigenvalue weighted by Crippen LogP contribution is -2.44. The zero-order chi connectivity index (χ0) is 11.9. The summed E-state index contributed by atoms with van der Waals surface area (Å²) in [6.07, 6.45) is 6.08. The lowest BCUT2D eigenvalue weighted by molar-refractivity contribution is 0.229. The topological polar surface area (TPSA) is 77.8 Å². The Kier molecular flexibility index (Phi) is 2.38. The first kappa shape index (κ1) is 10.7. The molecule has 1 fully saturated rings. The van der Waals surface area contributed by atoms with Gasteiger partial charge in [-0.15, -0.1) is 0 Å². The summed E-state index contributed by atoms with van der Waals surface area (Å²) in [7, 11) is 0. The van der Waals surface area contributed by atoms with Crippen LogP contribution in [0.2, 0.25) is 5.02 Å². The Hall–Kier alpha value is -1.46. The maximum Gasteiger partial charge on any atom is 0.259 e. The highest BCUT2D eigenvalue weighted by Crippen LogP contribution is 2.38. The second-order valence-electron chi connectivity index (χ2n) is 4.29. The molecule has 5 nitrogen and oxygen atoms in total. The van der Waals surface area contributed by atoms with Crippen molar-refractivity contribution in [2.45, 2.75) is 24.8 Å². The molecule has 0 saturated heterocycles. The molecular weight excluding hydrogens is 240 g/mol. The summed E-state index contributed by atoms with van der Waals surface area (Å²) in [5, 5.41) is 4.43. The molecule has 0 atom stereocenters. The second kappa shape index (κ2) is 3.78. The Labute approximate surface area is 103 Å². The van der Waals surface area contributed by atoms with Gasteiger partial charge in [0, 0.05) is 12.4 Å². The van der Waals surface area contributed by atoms with Gasteiger partial charge in [0.25, 0.3) is 5.89 Å². The van der Waals surface area contributed by atoms with Crippen LogP contribution in [0.4, 0.5) is 0 Å². The van der Waals surface area contributed by atoms with Crippen LogP contribution in [0.3, 0.4) is 0 Å². The van der Waals surface area contributed by atoms with E-state index in [0.717, 1.165) is 19.3 Å². The summed E-state index contributed by atoms with van der Waals surface area (Å²) >= 11 is 6.01. The van der Waals surface area contributed by atoms with Gasteiger partial charge in [-0.2, -0.15) is 4.98 Å². The predicted octanol–water partition coefficient (Wildman–Crippen LogP) is 2.12. The molecule has 88 valence electrons. The summed E-state index contributed by atoms with van der Waals surface area (Å²) in [4.78, 5) is 8.23. The molecule has 1 aliphatic rings. The van der Waals surface area contributed by atoms with Crippen molar-refractivity contribution in [1.29, 1.82) is 0 Å². The monoisotopic (exact) mass is 250 g/mol. The third kappa shape index (κ3) is 1.71. The van der Waals surface area contributed by atoms with E-state index in [2.05, 4.69) is 15.1 Å². The van der Waals surface area contributed by atoms with Crippen LogP contribution in [0.5, 0.6) is 0 Å². The standard InChI is InChI=1S/C11H11ClN4O/c12-8-6-14-5-2-7(8)9-15-10(16-17-9)11(13)3-1-4-11/h2,5-6H,1,3-4,13H2. The Balaban J connectivity index is 1.98. The van der Waals surface area contributed by atoms with E-state index in [4.69, 9.17) is 21.9 Å². The van der Waals surface area contributed by atoms with Gasteiger partial charge in [0.05, 0.1) is 16.1 Å². The quantitative estimate of drug-likeness (QED) is 0.883. The van der Waals surface area contributed by atoms with Crippen LogP contribution in [-0.4, -0.2) is 15.1 Å². The van der Waals surface area contributed by atoms with Crippen molar-refractivity contribution < 1.29 is 4.52 Å². The molecule has 0 aliphatic heterocycles. The summed E-state index contributed by atoms with van der Waals surface area (Å²) in [6, 6.07) is 1.74. The van der Waals surface area contributed by atoms with E-state index in [1.165, 1.54) is 0 Å². The van der Waals surface area contributed by atoms with E-state index in [9.17, 15) is 0 Å². The first-order valence-corrected chi connectivity index (χ1v) is 5.80. The van der Waals surface area contributed by atoms with Crippen LogP contribution in [-0.2, 0) is 5.54 Å².